The number of aromatic nitrogens is 3. The van der Waals surface area contributed by atoms with Crippen LogP contribution in [-0.2, 0) is 0 Å². The summed E-state index contributed by atoms with van der Waals surface area (Å²) in [5, 5.41) is 4.28. The standard InChI is InChI=1S/C27H29ClFN5O/c1-16-26(17(2)35-31-16)18-6-9-24-23(13-18)30-27(34(24)20-10-12-32(3)15-20)25-5-4-11-33(25)19-7-8-21(28)22(29)14-19/h6-9,13-14,20,25H,4-5,10-12,15H2,1-3H3/t20?,25-/m0/s1. The highest BCUT2D eigenvalue weighted by molar-refractivity contribution is 6.30. The largest absolute Gasteiger partial charge is 0.361 e. The predicted octanol–water partition coefficient (Wildman–Crippen LogP) is 6.32. The van der Waals surface area contributed by atoms with Crippen LogP contribution >= 0.6 is 11.6 Å². The van der Waals surface area contributed by atoms with Gasteiger partial charge >= 0.3 is 0 Å². The summed E-state index contributed by atoms with van der Waals surface area (Å²) in [6.07, 6.45) is 3.10. The van der Waals surface area contributed by atoms with Gasteiger partial charge in [0.2, 0.25) is 0 Å². The molecule has 0 radical (unpaired) electrons. The lowest BCUT2D eigenvalue weighted by Crippen LogP contribution is -2.27. The summed E-state index contributed by atoms with van der Waals surface area (Å²) in [5.41, 5.74) is 5.95. The van der Waals surface area contributed by atoms with Crippen LogP contribution in [-0.4, -0.2) is 46.3 Å². The van der Waals surface area contributed by atoms with E-state index >= 15 is 0 Å². The molecule has 2 fully saturated rings. The smallest absolute Gasteiger partial charge is 0.143 e. The summed E-state index contributed by atoms with van der Waals surface area (Å²) >= 11 is 5.97. The molecule has 4 heterocycles. The summed E-state index contributed by atoms with van der Waals surface area (Å²) < 4.78 is 22.2. The van der Waals surface area contributed by atoms with Crippen LogP contribution in [0.3, 0.4) is 0 Å². The molecular formula is C27H29ClFN5O. The lowest BCUT2D eigenvalue weighted by atomic mass is 10.0. The van der Waals surface area contributed by atoms with Gasteiger partial charge in [0.25, 0.3) is 0 Å². The average Bonchev–Trinajstić information content (AvgIpc) is 3.61. The Morgan fingerprint density at radius 3 is 2.66 bits per heavy atom. The van der Waals surface area contributed by atoms with Crippen molar-refractivity contribution in [2.75, 3.05) is 31.6 Å². The molecule has 4 aromatic rings. The zero-order valence-electron chi connectivity index (χ0n) is 20.3. The summed E-state index contributed by atoms with van der Waals surface area (Å²) in [6.45, 7) is 6.84. The van der Waals surface area contributed by atoms with Gasteiger partial charge in [-0.3, -0.25) is 0 Å². The van der Waals surface area contributed by atoms with Gasteiger partial charge in [-0.1, -0.05) is 22.8 Å². The van der Waals surface area contributed by atoms with Crippen LogP contribution in [0.25, 0.3) is 22.2 Å². The average molecular weight is 494 g/mol. The topological polar surface area (TPSA) is 50.3 Å². The van der Waals surface area contributed by atoms with Gasteiger partial charge in [-0.15, -0.1) is 0 Å². The zero-order valence-corrected chi connectivity index (χ0v) is 21.0. The summed E-state index contributed by atoms with van der Waals surface area (Å²) in [5.74, 6) is 1.49. The first kappa shape index (κ1) is 22.6. The van der Waals surface area contributed by atoms with Crippen LogP contribution in [0.1, 0.15) is 48.6 Å². The maximum Gasteiger partial charge on any atom is 0.143 e. The minimum absolute atomic E-state index is 0.0800. The van der Waals surface area contributed by atoms with Gasteiger partial charge in [0.15, 0.2) is 0 Å². The normalized spacial score (nSPS) is 21.0. The van der Waals surface area contributed by atoms with E-state index in [1.165, 1.54) is 0 Å². The number of nitrogens with zero attached hydrogens (tertiary/aromatic N) is 5. The van der Waals surface area contributed by atoms with Crippen LogP contribution in [0.5, 0.6) is 0 Å². The number of halogens is 2. The maximum atomic E-state index is 14.3. The Morgan fingerprint density at radius 2 is 1.94 bits per heavy atom. The lowest BCUT2D eigenvalue weighted by molar-refractivity contribution is 0.389. The quantitative estimate of drug-likeness (QED) is 0.333. The summed E-state index contributed by atoms with van der Waals surface area (Å²) in [6, 6.07) is 12.0. The fourth-order valence-corrected chi connectivity index (χ4v) is 6.03. The molecule has 2 aliphatic heterocycles. The first-order valence-corrected chi connectivity index (χ1v) is 12.6. The minimum Gasteiger partial charge on any atom is -0.361 e. The fraction of sp³-hybridized carbons (Fsp3) is 0.407. The van der Waals surface area contributed by atoms with E-state index in [-0.39, 0.29) is 16.9 Å². The molecule has 8 heteroatoms. The highest BCUT2D eigenvalue weighted by atomic mass is 35.5. The number of hydrogen-bond donors (Lipinski definition) is 0. The number of hydrogen-bond acceptors (Lipinski definition) is 5. The number of fused-ring (bicyclic) bond motifs is 1. The molecule has 2 aromatic heterocycles. The molecule has 2 atom stereocenters. The second-order valence-corrected chi connectivity index (χ2v) is 10.3. The third-order valence-corrected chi connectivity index (χ3v) is 7.86. The number of likely N-dealkylation sites (N-methyl/N-ethyl adjacent to an activating group) is 1. The lowest BCUT2D eigenvalue weighted by Gasteiger charge is -2.28. The third kappa shape index (κ3) is 3.81. The van der Waals surface area contributed by atoms with Crippen molar-refractivity contribution in [3.8, 4) is 11.1 Å². The number of aryl methyl sites for hydroxylation is 2. The van der Waals surface area contributed by atoms with Crippen LogP contribution in [0.2, 0.25) is 5.02 Å². The second-order valence-electron chi connectivity index (χ2n) is 9.90. The Balaban J connectivity index is 1.49. The van der Waals surface area contributed by atoms with Crippen LogP contribution in [0, 0.1) is 19.7 Å². The molecule has 182 valence electrons. The van der Waals surface area contributed by atoms with Crippen molar-refractivity contribution in [1.29, 1.82) is 0 Å². The van der Waals surface area contributed by atoms with Crippen molar-refractivity contribution < 1.29 is 8.91 Å². The Bertz CT molecular complexity index is 1390. The van der Waals surface area contributed by atoms with E-state index in [1.54, 1.807) is 12.1 Å². The highest BCUT2D eigenvalue weighted by Crippen LogP contribution is 2.41. The number of benzene rings is 2. The molecule has 0 saturated carbocycles. The molecule has 2 aromatic carbocycles. The van der Waals surface area contributed by atoms with Crippen LogP contribution < -0.4 is 4.90 Å². The number of likely N-dealkylation sites (tertiary alicyclic amines) is 1. The maximum absolute atomic E-state index is 14.3. The monoisotopic (exact) mass is 493 g/mol. The van der Waals surface area contributed by atoms with E-state index in [0.717, 1.165) is 84.0 Å². The van der Waals surface area contributed by atoms with Crippen molar-refractivity contribution in [1.82, 2.24) is 19.6 Å². The predicted molar refractivity (Wildman–Crippen MR) is 137 cm³/mol. The Labute approximate surface area is 209 Å². The Hall–Kier alpha value is -2.90. The highest BCUT2D eigenvalue weighted by Gasteiger charge is 2.34. The molecule has 6 nitrogen and oxygen atoms in total. The molecule has 0 bridgehead atoms. The molecule has 6 rings (SSSR count). The molecule has 1 unspecified atom stereocenters. The van der Waals surface area contributed by atoms with Crippen molar-refractivity contribution in [2.24, 2.45) is 0 Å². The molecule has 35 heavy (non-hydrogen) atoms. The van der Waals surface area contributed by atoms with Gasteiger partial charge in [-0.2, -0.15) is 0 Å². The van der Waals surface area contributed by atoms with Gasteiger partial charge in [0.05, 0.1) is 27.8 Å². The van der Waals surface area contributed by atoms with Crippen molar-refractivity contribution in [3.05, 3.63) is 64.5 Å². The zero-order chi connectivity index (χ0) is 24.3. The molecule has 2 saturated heterocycles. The molecule has 2 aliphatic rings. The van der Waals surface area contributed by atoms with E-state index in [0.29, 0.717) is 6.04 Å². The van der Waals surface area contributed by atoms with Gasteiger partial charge in [0, 0.05) is 30.4 Å². The Morgan fingerprint density at radius 1 is 1.09 bits per heavy atom. The van der Waals surface area contributed by atoms with E-state index in [2.05, 4.69) is 44.8 Å². The van der Waals surface area contributed by atoms with Crippen molar-refractivity contribution in [2.45, 2.75) is 45.2 Å². The fourth-order valence-electron chi connectivity index (χ4n) is 5.92. The van der Waals surface area contributed by atoms with Gasteiger partial charge < -0.3 is 18.9 Å². The second kappa shape index (κ2) is 8.64. The number of anilines is 1. The summed E-state index contributed by atoms with van der Waals surface area (Å²) in [4.78, 5) is 9.90. The van der Waals surface area contributed by atoms with E-state index in [4.69, 9.17) is 21.1 Å². The van der Waals surface area contributed by atoms with Crippen molar-refractivity contribution in [3.63, 3.8) is 0 Å². The van der Waals surface area contributed by atoms with Gasteiger partial charge in [0.1, 0.15) is 17.4 Å². The van der Waals surface area contributed by atoms with Gasteiger partial charge in [-0.25, -0.2) is 9.37 Å². The van der Waals surface area contributed by atoms with Gasteiger partial charge in [-0.05, 0) is 82.6 Å². The molecule has 0 aliphatic carbocycles. The molecule has 0 spiro atoms. The molecule has 0 amide bonds. The van der Waals surface area contributed by atoms with E-state index < -0.39 is 0 Å². The molecular weight excluding hydrogens is 465 g/mol. The van der Waals surface area contributed by atoms with Crippen LogP contribution in [0.15, 0.2) is 40.9 Å². The molecule has 0 N–H and O–H groups in total. The first-order valence-electron chi connectivity index (χ1n) is 12.3. The summed E-state index contributed by atoms with van der Waals surface area (Å²) in [7, 11) is 2.17. The minimum atomic E-state index is -0.384. The number of rotatable bonds is 4. The third-order valence-electron chi connectivity index (χ3n) is 7.56. The SMILES string of the molecule is Cc1noc(C)c1-c1ccc2c(c1)nc([C@@H]1CCCN1c1ccc(Cl)c(F)c1)n2C1CCN(C)C1. The van der Waals surface area contributed by atoms with Crippen LogP contribution in [0.4, 0.5) is 10.1 Å². The Kier molecular flexibility index (Phi) is 5.57. The van der Waals surface area contributed by atoms with E-state index in [9.17, 15) is 4.39 Å². The number of imidazole rings is 1. The van der Waals surface area contributed by atoms with Crippen molar-refractivity contribution >= 4 is 28.3 Å². The van der Waals surface area contributed by atoms with E-state index in [1.807, 2.05) is 19.9 Å². The first-order chi connectivity index (χ1) is 16.9.